The third-order valence-corrected chi connectivity index (χ3v) is 8.64. The smallest absolute Gasteiger partial charge is 0.138 e. The SMILES string of the molecule is C=Cc1ccc2c(c1)c1cc(C=C)ccc1n2-c1cc(-c2ccnc(-n3c4ccc(C)cc4c4cc(C)ccc43)c2)ccn1. The van der Waals surface area contributed by atoms with Crippen LogP contribution in [0.5, 0.6) is 0 Å². The fraction of sp³-hybridized carbons (Fsp3) is 0.0500. The van der Waals surface area contributed by atoms with E-state index in [0.717, 1.165) is 66.7 Å². The molecule has 44 heavy (non-hydrogen) atoms. The van der Waals surface area contributed by atoms with Crippen LogP contribution in [0.3, 0.4) is 0 Å². The number of pyridine rings is 2. The average Bonchev–Trinajstić information content (AvgIpc) is 3.55. The van der Waals surface area contributed by atoms with E-state index in [1.165, 1.54) is 21.9 Å². The van der Waals surface area contributed by atoms with Gasteiger partial charge in [-0.1, -0.05) is 60.7 Å². The topological polar surface area (TPSA) is 35.6 Å². The van der Waals surface area contributed by atoms with Crippen LogP contribution in [0.15, 0.2) is 123 Å². The summed E-state index contributed by atoms with van der Waals surface area (Å²) in [7, 11) is 0. The molecule has 0 aliphatic heterocycles. The molecule has 0 unspecified atom stereocenters. The summed E-state index contributed by atoms with van der Waals surface area (Å²) in [5.74, 6) is 1.75. The first-order valence-corrected chi connectivity index (χ1v) is 14.8. The van der Waals surface area contributed by atoms with Crippen molar-refractivity contribution in [3.63, 3.8) is 0 Å². The van der Waals surface area contributed by atoms with Gasteiger partial charge in [-0.3, -0.25) is 9.13 Å². The van der Waals surface area contributed by atoms with Gasteiger partial charge in [0, 0.05) is 33.9 Å². The van der Waals surface area contributed by atoms with E-state index in [0.29, 0.717) is 0 Å². The molecule has 210 valence electrons. The van der Waals surface area contributed by atoms with Gasteiger partial charge >= 0.3 is 0 Å². The van der Waals surface area contributed by atoms with Crippen molar-refractivity contribution in [1.82, 2.24) is 19.1 Å². The lowest BCUT2D eigenvalue weighted by molar-refractivity contribution is 1.07. The summed E-state index contributed by atoms with van der Waals surface area (Å²) in [6.07, 6.45) is 7.57. The molecule has 4 aromatic heterocycles. The molecule has 0 spiro atoms. The van der Waals surface area contributed by atoms with E-state index in [4.69, 9.17) is 9.97 Å². The summed E-state index contributed by atoms with van der Waals surface area (Å²) in [6.45, 7) is 12.3. The lowest BCUT2D eigenvalue weighted by atomic mass is 10.1. The summed E-state index contributed by atoms with van der Waals surface area (Å²) >= 11 is 0. The molecular weight excluding hydrogens is 536 g/mol. The van der Waals surface area contributed by atoms with Gasteiger partial charge in [-0.05, 0) is 109 Å². The summed E-state index contributed by atoms with van der Waals surface area (Å²) < 4.78 is 4.52. The minimum absolute atomic E-state index is 0.862. The van der Waals surface area contributed by atoms with Gasteiger partial charge in [0.2, 0.25) is 0 Å². The average molecular weight is 567 g/mol. The number of fused-ring (bicyclic) bond motifs is 6. The van der Waals surface area contributed by atoms with Crippen LogP contribution in [-0.2, 0) is 0 Å². The molecule has 8 aromatic rings. The minimum Gasteiger partial charge on any atom is -0.294 e. The second-order valence-electron chi connectivity index (χ2n) is 11.5. The van der Waals surface area contributed by atoms with Crippen molar-refractivity contribution in [3.05, 3.63) is 145 Å². The van der Waals surface area contributed by atoms with Crippen LogP contribution in [-0.4, -0.2) is 19.1 Å². The first kappa shape index (κ1) is 25.9. The van der Waals surface area contributed by atoms with Crippen molar-refractivity contribution in [2.45, 2.75) is 13.8 Å². The zero-order chi connectivity index (χ0) is 29.9. The van der Waals surface area contributed by atoms with E-state index >= 15 is 0 Å². The summed E-state index contributed by atoms with van der Waals surface area (Å²) in [5, 5.41) is 4.81. The van der Waals surface area contributed by atoms with Gasteiger partial charge < -0.3 is 0 Å². The van der Waals surface area contributed by atoms with Gasteiger partial charge in [0.25, 0.3) is 0 Å². The predicted molar refractivity (Wildman–Crippen MR) is 186 cm³/mol. The Kier molecular flexibility index (Phi) is 5.85. The van der Waals surface area contributed by atoms with Crippen molar-refractivity contribution in [2.75, 3.05) is 0 Å². The Balaban J connectivity index is 1.31. The zero-order valence-electron chi connectivity index (χ0n) is 24.8. The number of hydrogen-bond acceptors (Lipinski definition) is 2. The number of benzene rings is 4. The van der Waals surface area contributed by atoms with E-state index in [2.05, 4.69) is 133 Å². The van der Waals surface area contributed by atoms with Gasteiger partial charge in [0.15, 0.2) is 0 Å². The van der Waals surface area contributed by atoms with Gasteiger partial charge in [0.1, 0.15) is 11.6 Å². The highest BCUT2D eigenvalue weighted by Gasteiger charge is 2.16. The summed E-state index contributed by atoms with van der Waals surface area (Å²) in [4.78, 5) is 9.73. The van der Waals surface area contributed by atoms with Crippen molar-refractivity contribution in [1.29, 1.82) is 0 Å². The molecule has 0 fully saturated rings. The molecule has 0 bridgehead atoms. The van der Waals surface area contributed by atoms with E-state index < -0.39 is 0 Å². The number of hydrogen-bond donors (Lipinski definition) is 0. The Hall–Kier alpha value is -5.74. The Morgan fingerprint density at radius 3 is 1.27 bits per heavy atom. The quantitative estimate of drug-likeness (QED) is 0.208. The maximum absolute atomic E-state index is 4.87. The maximum Gasteiger partial charge on any atom is 0.138 e. The minimum atomic E-state index is 0.862. The largest absolute Gasteiger partial charge is 0.294 e. The van der Waals surface area contributed by atoms with Gasteiger partial charge in [-0.15, -0.1) is 0 Å². The second kappa shape index (κ2) is 9.92. The first-order valence-electron chi connectivity index (χ1n) is 14.8. The van der Waals surface area contributed by atoms with Gasteiger partial charge in [-0.25, -0.2) is 9.97 Å². The lowest BCUT2D eigenvalue weighted by Gasteiger charge is -2.11. The molecule has 4 heteroatoms. The van der Waals surface area contributed by atoms with Gasteiger partial charge in [0.05, 0.1) is 22.1 Å². The molecule has 4 aromatic carbocycles. The van der Waals surface area contributed by atoms with Crippen LogP contribution >= 0.6 is 0 Å². The summed E-state index contributed by atoms with van der Waals surface area (Å²) in [5.41, 5.74) is 11.3. The molecule has 0 N–H and O–H groups in total. The van der Waals surface area contributed by atoms with Crippen molar-refractivity contribution >= 4 is 55.8 Å². The van der Waals surface area contributed by atoms with Crippen LogP contribution in [0, 0.1) is 13.8 Å². The van der Waals surface area contributed by atoms with Crippen LogP contribution in [0.2, 0.25) is 0 Å². The normalized spacial score (nSPS) is 11.6. The Morgan fingerprint density at radius 1 is 0.477 bits per heavy atom. The first-order chi connectivity index (χ1) is 21.5. The highest BCUT2D eigenvalue weighted by molar-refractivity contribution is 6.11. The van der Waals surface area contributed by atoms with E-state index in [1.54, 1.807) is 0 Å². The molecule has 0 radical (unpaired) electrons. The van der Waals surface area contributed by atoms with Crippen molar-refractivity contribution < 1.29 is 0 Å². The standard InChI is InChI=1S/C40H30N4/c1-5-27-9-13-37-33(21-27)34-22-28(6-2)10-14-38(34)44(37)40-24-30(16-18-42-40)29-15-17-41-39(23-29)43-35-11-7-25(3)19-31(35)32-20-26(4)8-12-36(32)43/h5-24H,1-2H2,3-4H3. The molecule has 0 atom stereocenters. The Bertz CT molecular complexity index is 2330. The third-order valence-electron chi connectivity index (χ3n) is 8.64. The second-order valence-corrected chi connectivity index (χ2v) is 11.5. The third kappa shape index (κ3) is 3.99. The maximum atomic E-state index is 4.87. The molecule has 4 heterocycles. The van der Waals surface area contributed by atoms with Crippen LogP contribution < -0.4 is 0 Å². The molecule has 0 saturated carbocycles. The molecule has 0 amide bonds. The van der Waals surface area contributed by atoms with Crippen molar-refractivity contribution in [3.8, 4) is 22.8 Å². The van der Waals surface area contributed by atoms with Crippen molar-refractivity contribution in [2.24, 2.45) is 0 Å². The van der Waals surface area contributed by atoms with E-state index in [1.807, 2.05) is 24.5 Å². The molecule has 0 saturated heterocycles. The molecule has 0 aliphatic rings. The zero-order valence-corrected chi connectivity index (χ0v) is 24.8. The number of nitrogens with zero attached hydrogens (tertiary/aromatic N) is 4. The number of rotatable bonds is 5. The lowest BCUT2D eigenvalue weighted by Crippen LogP contribution is -1.99. The highest BCUT2D eigenvalue weighted by atomic mass is 15.1. The number of aromatic nitrogens is 4. The van der Waals surface area contributed by atoms with E-state index in [-0.39, 0.29) is 0 Å². The monoisotopic (exact) mass is 566 g/mol. The molecular formula is C40H30N4. The fourth-order valence-corrected chi connectivity index (χ4v) is 6.50. The Labute approximate surface area is 255 Å². The van der Waals surface area contributed by atoms with Crippen LogP contribution in [0.1, 0.15) is 22.3 Å². The van der Waals surface area contributed by atoms with Crippen LogP contribution in [0.4, 0.5) is 0 Å². The predicted octanol–water partition coefficient (Wildman–Crippen LogP) is 10.2. The van der Waals surface area contributed by atoms with Crippen LogP contribution in [0.25, 0.3) is 78.5 Å². The fourth-order valence-electron chi connectivity index (χ4n) is 6.50. The molecule has 0 aliphatic carbocycles. The Morgan fingerprint density at radius 2 is 0.864 bits per heavy atom. The highest BCUT2D eigenvalue weighted by Crippen LogP contribution is 2.36. The number of aryl methyl sites for hydroxylation is 2. The summed E-state index contributed by atoms with van der Waals surface area (Å²) in [6, 6.07) is 34.7. The van der Waals surface area contributed by atoms with E-state index in [9.17, 15) is 0 Å². The molecule has 8 rings (SSSR count). The molecule has 4 nitrogen and oxygen atoms in total. The van der Waals surface area contributed by atoms with Gasteiger partial charge in [-0.2, -0.15) is 0 Å².